The quantitative estimate of drug-likeness (QED) is 0.920. The standard InChI is InChI=1S/C14H23N3OS/c1-10-6-11(2)9-17(8-10)5-4-15-14(18)13-7-16-12(3)19-13/h7,10-11H,4-6,8-9H2,1-3H3,(H,15,18)/t10-,11-/m1/s1. The van der Waals surface area contributed by atoms with Crippen molar-refractivity contribution >= 4 is 17.2 Å². The molecule has 106 valence electrons. The van der Waals surface area contributed by atoms with E-state index in [1.54, 1.807) is 6.20 Å². The first-order chi connectivity index (χ1) is 9.04. The van der Waals surface area contributed by atoms with Gasteiger partial charge in [-0.15, -0.1) is 11.3 Å². The number of rotatable bonds is 4. The Morgan fingerprint density at radius 1 is 1.47 bits per heavy atom. The maximum atomic E-state index is 11.9. The molecule has 5 heteroatoms. The molecule has 0 radical (unpaired) electrons. The van der Waals surface area contributed by atoms with E-state index in [1.165, 1.54) is 17.8 Å². The Bertz CT molecular complexity index is 422. The van der Waals surface area contributed by atoms with Crippen molar-refractivity contribution in [1.29, 1.82) is 0 Å². The maximum absolute atomic E-state index is 11.9. The topological polar surface area (TPSA) is 45.2 Å². The van der Waals surface area contributed by atoms with Crippen LogP contribution in [0.4, 0.5) is 0 Å². The Morgan fingerprint density at radius 3 is 2.74 bits per heavy atom. The lowest BCUT2D eigenvalue weighted by atomic mass is 9.92. The van der Waals surface area contributed by atoms with Crippen LogP contribution in [0.1, 0.15) is 34.9 Å². The second-order valence-electron chi connectivity index (χ2n) is 5.71. The number of carbonyl (C=O) groups is 1. The summed E-state index contributed by atoms with van der Waals surface area (Å²) in [5.74, 6) is 1.54. The zero-order valence-electron chi connectivity index (χ0n) is 12.0. The van der Waals surface area contributed by atoms with Gasteiger partial charge in [0.1, 0.15) is 4.88 Å². The zero-order chi connectivity index (χ0) is 13.8. The molecule has 0 aromatic carbocycles. The third-order valence-corrected chi connectivity index (χ3v) is 4.41. The van der Waals surface area contributed by atoms with Crippen molar-refractivity contribution in [3.05, 3.63) is 16.1 Å². The van der Waals surface area contributed by atoms with Crippen molar-refractivity contribution in [3.63, 3.8) is 0 Å². The third kappa shape index (κ3) is 4.28. The Morgan fingerprint density at radius 2 is 2.16 bits per heavy atom. The minimum atomic E-state index is 0.00343. The molecule has 4 nitrogen and oxygen atoms in total. The van der Waals surface area contributed by atoms with Crippen LogP contribution in [0, 0.1) is 18.8 Å². The molecule has 1 saturated heterocycles. The first kappa shape index (κ1) is 14.5. The van der Waals surface area contributed by atoms with Crippen molar-refractivity contribution < 1.29 is 4.79 Å². The SMILES string of the molecule is Cc1ncc(C(=O)NCCN2C[C@H](C)C[C@@H](C)C2)s1. The lowest BCUT2D eigenvalue weighted by Crippen LogP contribution is -2.42. The van der Waals surface area contributed by atoms with Gasteiger partial charge in [-0.3, -0.25) is 4.79 Å². The molecular formula is C14H23N3OS. The smallest absolute Gasteiger partial charge is 0.263 e. The number of hydrogen-bond donors (Lipinski definition) is 1. The van der Waals surface area contributed by atoms with Crippen LogP contribution >= 0.6 is 11.3 Å². The first-order valence-corrected chi connectivity index (χ1v) is 7.79. The summed E-state index contributed by atoms with van der Waals surface area (Å²) in [5, 5.41) is 3.91. The summed E-state index contributed by atoms with van der Waals surface area (Å²) in [6.45, 7) is 10.5. The van der Waals surface area contributed by atoms with Crippen molar-refractivity contribution in [2.45, 2.75) is 27.2 Å². The number of thiazole rings is 1. The molecule has 1 aromatic heterocycles. The normalized spacial score (nSPS) is 24.4. The molecule has 1 aliphatic heterocycles. The van der Waals surface area contributed by atoms with E-state index in [4.69, 9.17) is 0 Å². The van der Waals surface area contributed by atoms with E-state index < -0.39 is 0 Å². The van der Waals surface area contributed by atoms with E-state index in [-0.39, 0.29) is 5.91 Å². The number of aryl methyl sites for hydroxylation is 1. The summed E-state index contributed by atoms with van der Waals surface area (Å²) < 4.78 is 0. The lowest BCUT2D eigenvalue weighted by molar-refractivity contribution is 0.0940. The van der Waals surface area contributed by atoms with E-state index >= 15 is 0 Å². The fraction of sp³-hybridized carbons (Fsp3) is 0.714. The highest BCUT2D eigenvalue weighted by molar-refractivity contribution is 7.13. The average molecular weight is 281 g/mol. The van der Waals surface area contributed by atoms with Gasteiger partial charge in [0.2, 0.25) is 0 Å². The summed E-state index contributed by atoms with van der Waals surface area (Å²) in [4.78, 5) is 19.1. The fourth-order valence-electron chi connectivity index (χ4n) is 2.86. The van der Waals surface area contributed by atoms with Crippen LogP contribution in [0.25, 0.3) is 0 Å². The van der Waals surface area contributed by atoms with Gasteiger partial charge in [-0.2, -0.15) is 0 Å². The molecule has 0 aliphatic carbocycles. The van der Waals surface area contributed by atoms with Crippen LogP contribution in [-0.2, 0) is 0 Å². The second kappa shape index (κ2) is 6.48. The first-order valence-electron chi connectivity index (χ1n) is 6.97. The molecule has 1 aromatic rings. The summed E-state index contributed by atoms with van der Waals surface area (Å²) in [5.41, 5.74) is 0. The predicted molar refractivity (Wildman–Crippen MR) is 78.6 cm³/mol. The van der Waals surface area contributed by atoms with E-state index in [1.807, 2.05) is 6.92 Å². The highest BCUT2D eigenvalue weighted by Crippen LogP contribution is 2.20. The van der Waals surface area contributed by atoms with Gasteiger partial charge in [0, 0.05) is 26.2 Å². The monoisotopic (exact) mass is 281 g/mol. The second-order valence-corrected chi connectivity index (χ2v) is 6.94. The van der Waals surface area contributed by atoms with Gasteiger partial charge in [-0.05, 0) is 25.2 Å². The number of nitrogens with one attached hydrogen (secondary N) is 1. The molecule has 19 heavy (non-hydrogen) atoms. The average Bonchev–Trinajstić information content (AvgIpc) is 2.74. The fourth-order valence-corrected chi connectivity index (χ4v) is 3.55. The van der Waals surface area contributed by atoms with Gasteiger partial charge >= 0.3 is 0 Å². The largest absolute Gasteiger partial charge is 0.350 e. The Hall–Kier alpha value is -0.940. The van der Waals surface area contributed by atoms with Crippen LogP contribution in [-0.4, -0.2) is 42.0 Å². The predicted octanol–water partition coefficient (Wildman–Crippen LogP) is 2.16. The number of carbonyl (C=O) groups excluding carboxylic acids is 1. The lowest BCUT2D eigenvalue weighted by Gasteiger charge is -2.34. The number of aromatic nitrogens is 1. The number of piperidine rings is 1. The summed E-state index contributed by atoms with van der Waals surface area (Å²) in [6, 6.07) is 0. The summed E-state index contributed by atoms with van der Waals surface area (Å²) in [7, 11) is 0. The highest BCUT2D eigenvalue weighted by atomic mass is 32.1. The molecule has 2 atom stereocenters. The molecule has 2 heterocycles. The number of likely N-dealkylation sites (tertiary alicyclic amines) is 1. The molecule has 0 saturated carbocycles. The Kier molecular flexibility index (Phi) is 4.93. The number of nitrogens with zero attached hydrogens (tertiary/aromatic N) is 2. The van der Waals surface area contributed by atoms with Crippen LogP contribution in [0.3, 0.4) is 0 Å². The van der Waals surface area contributed by atoms with Gasteiger partial charge < -0.3 is 10.2 Å². The molecule has 1 aliphatic rings. The van der Waals surface area contributed by atoms with E-state index in [2.05, 4.69) is 29.0 Å². The molecule has 0 spiro atoms. The molecule has 2 rings (SSSR count). The van der Waals surface area contributed by atoms with Gasteiger partial charge in [0.25, 0.3) is 5.91 Å². The maximum Gasteiger partial charge on any atom is 0.263 e. The summed E-state index contributed by atoms with van der Waals surface area (Å²) >= 11 is 1.45. The molecular weight excluding hydrogens is 258 g/mol. The molecule has 0 unspecified atom stereocenters. The highest BCUT2D eigenvalue weighted by Gasteiger charge is 2.21. The van der Waals surface area contributed by atoms with Crippen LogP contribution in [0.5, 0.6) is 0 Å². The van der Waals surface area contributed by atoms with Crippen LogP contribution in [0.2, 0.25) is 0 Å². The van der Waals surface area contributed by atoms with Gasteiger partial charge in [-0.25, -0.2) is 4.98 Å². The number of amides is 1. The minimum absolute atomic E-state index is 0.00343. The zero-order valence-corrected chi connectivity index (χ0v) is 12.8. The van der Waals surface area contributed by atoms with Gasteiger partial charge in [0.05, 0.1) is 11.2 Å². The van der Waals surface area contributed by atoms with Crippen LogP contribution < -0.4 is 5.32 Å². The van der Waals surface area contributed by atoms with Gasteiger partial charge in [-0.1, -0.05) is 13.8 Å². The molecule has 1 fully saturated rings. The number of hydrogen-bond acceptors (Lipinski definition) is 4. The summed E-state index contributed by atoms with van der Waals surface area (Å²) in [6.07, 6.45) is 2.98. The van der Waals surface area contributed by atoms with Gasteiger partial charge in [0.15, 0.2) is 0 Å². The van der Waals surface area contributed by atoms with Crippen molar-refractivity contribution in [2.24, 2.45) is 11.8 Å². The Labute approximate surface area is 119 Å². The van der Waals surface area contributed by atoms with E-state index in [0.29, 0.717) is 4.88 Å². The van der Waals surface area contributed by atoms with Crippen molar-refractivity contribution in [2.75, 3.05) is 26.2 Å². The van der Waals surface area contributed by atoms with Crippen LogP contribution in [0.15, 0.2) is 6.20 Å². The molecule has 1 amide bonds. The molecule has 1 N–H and O–H groups in total. The van der Waals surface area contributed by atoms with E-state index in [9.17, 15) is 4.79 Å². The third-order valence-electron chi connectivity index (χ3n) is 3.50. The Balaban J connectivity index is 1.73. The minimum Gasteiger partial charge on any atom is -0.350 e. The molecule has 0 bridgehead atoms. The van der Waals surface area contributed by atoms with E-state index in [0.717, 1.165) is 43.0 Å². The van der Waals surface area contributed by atoms with Crippen molar-refractivity contribution in [3.8, 4) is 0 Å². The van der Waals surface area contributed by atoms with Crippen molar-refractivity contribution in [1.82, 2.24) is 15.2 Å².